The second kappa shape index (κ2) is 5.95. The molecular formula is C17H25N3O. The van der Waals surface area contributed by atoms with Crippen molar-refractivity contribution in [2.75, 3.05) is 57.4 Å². The Hall–Kier alpha value is -1.10. The standard InChI is InChI=1S/C17H25N3O/c1-3-17(20-7-5-18-6-8-20)4-2-14(1)9-19-10-15-12-21-13-16(15)11-19/h1-4,15-16,18H,5-13H2/t15-,16+. The Morgan fingerprint density at radius 2 is 1.67 bits per heavy atom. The van der Waals surface area contributed by atoms with Crippen molar-refractivity contribution in [3.05, 3.63) is 29.8 Å². The maximum atomic E-state index is 5.56. The molecule has 3 aliphatic rings. The number of nitrogens with one attached hydrogen (secondary N) is 1. The van der Waals surface area contributed by atoms with E-state index < -0.39 is 0 Å². The second-order valence-electron chi connectivity index (χ2n) is 6.66. The average Bonchev–Trinajstić information content (AvgIpc) is 3.10. The highest BCUT2D eigenvalue weighted by molar-refractivity contribution is 5.48. The smallest absolute Gasteiger partial charge is 0.0510 e. The molecule has 21 heavy (non-hydrogen) atoms. The van der Waals surface area contributed by atoms with Crippen LogP contribution in [0.3, 0.4) is 0 Å². The Labute approximate surface area is 127 Å². The van der Waals surface area contributed by atoms with Crippen molar-refractivity contribution in [2.24, 2.45) is 11.8 Å². The summed E-state index contributed by atoms with van der Waals surface area (Å²) in [5.41, 5.74) is 2.81. The molecule has 0 amide bonds. The van der Waals surface area contributed by atoms with E-state index in [0.717, 1.165) is 57.8 Å². The number of piperazine rings is 1. The van der Waals surface area contributed by atoms with Gasteiger partial charge >= 0.3 is 0 Å². The number of ether oxygens (including phenoxy) is 1. The third-order valence-electron chi connectivity index (χ3n) is 5.14. The second-order valence-corrected chi connectivity index (χ2v) is 6.66. The van der Waals surface area contributed by atoms with Crippen LogP contribution in [0.2, 0.25) is 0 Å². The van der Waals surface area contributed by atoms with Crippen LogP contribution in [0.4, 0.5) is 5.69 Å². The zero-order chi connectivity index (χ0) is 14.1. The Balaban J connectivity index is 1.35. The molecule has 3 heterocycles. The predicted octanol–water partition coefficient (Wildman–Crippen LogP) is 1.17. The Kier molecular flexibility index (Phi) is 3.84. The monoisotopic (exact) mass is 287 g/mol. The van der Waals surface area contributed by atoms with Crippen LogP contribution >= 0.6 is 0 Å². The summed E-state index contributed by atoms with van der Waals surface area (Å²) in [6.45, 7) is 9.90. The third kappa shape index (κ3) is 2.93. The zero-order valence-corrected chi connectivity index (χ0v) is 12.6. The van der Waals surface area contributed by atoms with Gasteiger partial charge in [-0.05, 0) is 17.7 Å². The molecule has 0 aromatic heterocycles. The van der Waals surface area contributed by atoms with Gasteiger partial charge in [0, 0.05) is 63.3 Å². The highest BCUT2D eigenvalue weighted by atomic mass is 16.5. The first kappa shape index (κ1) is 13.6. The Morgan fingerprint density at radius 3 is 2.33 bits per heavy atom. The molecule has 0 aliphatic carbocycles. The summed E-state index contributed by atoms with van der Waals surface area (Å²) in [7, 11) is 0. The molecule has 3 fully saturated rings. The minimum absolute atomic E-state index is 0.783. The molecule has 2 atom stereocenters. The maximum absolute atomic E-state index is 5.56. The molecule has 1 N–H and O–H groups in total. The number of anilines is 1. The molecule has 114 valence electrons. The lowest BCUT2D eigenvalue weighted by Gasteiger charge is -2.29. The lowest BCUT2D eigenvalue weighted by molar-refractivity contribution is 0.153. The van der Waals surface area contributed by atoms with Crippen molar-refractivity contribution in [1.82, 2.24) is 10.2 Å². The molecule has 0 spiro atoms. The van der Waals surface area contributed by atoms with Crippen LogP contribution in [0.5, 0.6) is 0 Å². The van der Waals surface area contributed by atoms with Crippen molar-refractivity contribution in [3.8, 4) is 0 Å². The van der Waals surface area contributed by atoms with Gasteiger partial charge in [0.2, 0.25) is 0 Å². The maximum Gasteiger partial charge on any atom is 0.0510 e. The number of likely N-dealkylation sites (tertiary alicyclic amines) is 1. The van der Waals surface area contributed by atoms with Crippen LogP contribution < -0.4 is 10.2 Å². The van der Waals surface area contributed by atoms with Crippen molar-refractivity contribution in [2.45, 2.75) is 6.54 Å². The SMILES string of the molecule is c1cc(N2CCNCC2)ccc1CN1C[C@H]2COC[C@H]2C1. The topological polar surface area (TPSA) is 27.7 Å². The van der Waals surface area contributed by atoms with E-state index in [4.69, 9.17) is 4.74 Å². The van der Waals surface area contributed by atoms with Gasteiger partial charge in [-0.2, -0.15) is 0 Å². The van der Waals surface area contributed by atoms with Crippen LogP contribution in [-0.2, 0) is 11.3 Å². The van der Waals surface area contributed by atoms with Gasteiger partial charge < -0.3 is 15.0 Å². The molecule has 3 saturated heterocycles. The first-order valence-electron chi connectivity index (χ1n) is 8.23. The summed E-state index contributed by atoms with van der Waals surface area (Å²) < 4.78 is 5.56. The van der Waals surface area contributed by atoms with Gasteiger partial charge in [0.05, 0.1) is 13.2 Å². The number of benzene rings is 1. The van der Waals surface area contributed by atoms with Crippen LogP contribution in [-0.4, -0.2) is 57.4 Å². The van der Waals surface area contributed by atoms with Crippen LogP contribution in [0.1, 0.15) is 5.56 Å². The largest absolute Gasteiger partial charge is 0.381 e. The van der Waals surface area contributed by atoms with E-state index >= 15 is 0 Å². The fourth-order valence-corrected chi connectivity index (χ4v) is 3.91. The van der Waals surface area contributed by atoms with Crippen molar-refractivity contribution >= 4 is 5.69 Å². The number of rotatable bonds is 3. The first-order chi connectivity index (χ1) is 10.4. The Bertz CT molecular complexity index is 457. The van der Waals surface area contributed by atoms with E-state index in [1.165, 1.54) is 24.3 Å². The molecular weight excluding hydrogens is 262 g/mol. The lowest BCUT2D eigenvalue weighted by atomic mass is 10.0. The van der Waals surface area contributed by atoms with Crippen molar-refractivity contribution in [3.63, 3.8) is 0 Å². The van der Waals surface area contributed by atoms with E-state index in [1.54, 1.807) is 0 Å². The molecule has 4 rings (SSSR count). The highest BCUT2D eigenvalue weighted by Gasteiger charge is 2.36. The number of fused-ring (bicyclic) bond motifs is 1. The van der Waals surface area contributed by atoms with Crippen molar-refractivity contribution < 1.29 is 4.74 Å². The molecule has 1 aromatic rings. The summed E-state index contributed by atoms with van der Waals surface area (Å²) in [5.74, 6) is 1.57. The summed E-state index contributed by atoms with van der Waals surface area (Å²) in [6, 6.07) is 9.20. The third-order valence-corrected chi connectivity index (χ3v) is 5.14. The van der Waals surface area contributed by atoms with Gasteiger partial charge in [-0.25, -0.2) is 0 Å². The van der Waals surface area contributed by atoms with E-state index in [0.29, 0.717) is 0 Å². The molecule has 4 nitrogen and oxygen atoms in total. The van der Waals surface area contributed by atoms with Gasteiger partial charge in [-0.15, -0.1) is 0 Å². The number of hydrogen-bond donors (Lipinski definition) is 1. The molecule has 3 aliphatic heterocycles. The number of nitrogens with zero attached hydrogens (tertiary/aromatic N) is 2. The van der Waals surface area contributed by atoms with Gasteiger partial charge in [-0.1, -0.05) is 12.1 Å². The fraction of sp³-hybridized carbons (Fsp3) is 0.647. The summed E-state index contributed by atoms with van der Waals surface area (Å²) in [6.07, 6.45) is 0. The van der Waals surface area contributed by atoms with Crippen LogP contribution in [0, 0.1) is 11.8 Å². The molecule has 0 radical (unpaired) electrons. The summed E-state index contributed by atoms with van der Waals surface area (Å²) >= 11 is 0. The van der Waals surface area contributed by atoms with E-state index in [-0.39, 0.29) is 0 Å². The Morgan fingerprint density at radius 1 is 1.00 bits per heavy atom. The zero-order valence-electron chi connectivity index (χ0n) is 12.6. The van der Waals surface area contributed by atoms with E-state index in [9.17, 15) is 0 Å². The minimum atomic E-state index is 0.783. The lowest BCUT2D eigenvalue weighted by Crippen LogP contribution is -2.43. The van der Waals surface area contributed by atoms with Crippen LogP contribution in [0.15, 0.2) is 24.3 Å². The molecule has 0 bridgehead atoms. The van der Waals surface area contributed by atoms with Gasteiger partial charge in [0.1, 0.15) is 0 Å². The average molecular weight is 287 g/mol. The van der Waals surface area contributed by atoms with E-state index in [2.05, 4.69) is 39.4 Å². The first-order valence-corrected chi connectivity index (χ1v) is 8.23. The van der Waals surface area contributed by atoms with Gasteiger partial charge in [0.15, 0.2) is 0 Å². The number of hydrogen-bond acceptors (Lipinski definition) is 4. The van der Waals surface area contributed by atoms with E-state index in [1.807, 2.05) is 0 Å². The normalized spacial score (nSPS) is 29.8. The fourth-order valence-electron chi connectivity index (χ4n) is 3.91. The van der Waals surface area contributed by atoms with Gasteiger partial charge in [-0.3, -0.25) is 4.90 Å². The van der Waals surface area contributed by atoms with Gasteiger partial charge in [0.25, 0.3) is 0 Å². The van der Waals surface area contributed by atoms with Crippen molar-refractivity contribution in [1.29, 1.82) is 0 Å². The predicted molar refractivity (Wildman–Crippen MR) is 84.6 cm³/mol. The molecule has 0 unspecified atom stereocenters. The quantitative estimate of drug-likeness (QED) is 0.903. The minimum Gasteiger partial charge on any atom is -0.381 e. The summed E-state index contributed by atoms with van der Waals surface area (Å²) in [4.78, 5) is 5.07. The highest BCUT2D eigenvalue weighted by Crippen LogP contribution is 2.30. The summed E-state index contributed by atoms with van der Waals surface area (Å²) in [5, 5.41) is 3.40. The molecule has 4 heteroatoms. The molecule has 1 aromatic carbocycles. The van der Waals surface area contributed by atoms with Crippen LogP contribution in [0.25, 0.3) is 0 Å². The molecule has 0 saturated carbocycles.